The normalized spacial score (nSPS) is 15.6. The predicted octanol–water partition coefficient (Wildman–Crippen LogP) is 2.72. The molecule has 10 heteroatoms. The molecule has 4 aromatic rings. The zero-order valence-corrected chi connectivity index (χ0v) is 20.3. The molecule has 0 aliphatic carbocycles. The lowest BCUT2D eigenvalue weighted by molar-refractivity contribution is 0.0901. The molecule has 1 fully saturated rings. The molecule has 35 heavy (non-hydrogen) atoms. The van der Waals surface area contributed by atoms with Crippen LogP contribution in [-0.2, 0) is 10.0 Å². The second-order valence-electron chi connectivity index (χ2n) is 8.73. The van der Waals surface area contributed by atoms with Crippen LogP contribution in [-0.4, -0.2) is 65.7 Å². The van der Waals surface area contributed by atoms with Gasteiger partial charge in [-0.05, 0) is 44.2 Å². The van der Waals surface area contributed by atoms with Gasteiger partial charge in [0.25, 0.3) is 0 Å². The number of sulfonamides is 1. The molecule has 1 N–H and O–H groups in total. The fourth-order valence-corrected chi connectivity index (χ4v) is 6.11. The van der Waals surface area contributed by atoms with Gasteiger partial charge >= 0.3 is 5.76 Å². The molecule has 2 aromatic heterocycles. The average Bonchev–Trinajstić information content (AvgIpc) is 3.37. The highest BCUT2D eigenvalue weighted by molar-refractivity contribution is 7.89. The molecule has 1 aliphatic heterocycles. The number of piperazine rings is 1. The highest BCUT2D eigenvalue weighted by Gasteiger charge is 2.30. The summed E-state index contributed by atoms with van der Waals surface area (Å²) >= 11 is 0. The van der Waals surface area contributed by atoms with Crippen molar-refractivity contribution in [2.45, 2.75) is 18.7 Å². The smallest absolute Gasteiger partial charge is 0.408 e. The number of nitrogens with one attached hydrogen (secondary N) is 1. The van der Waals surface area contributed by atoms with Gasteiger partial charge in [0.15, 0.2) is 11.4 Å². The maximum absolute atomic E-state index is 13.1. The standard InChI is InChI=1S/C25H26N4O5S/c1-17-14-21(18(2)29(17)19-6-4-3-5-7-19)23(30)16-27-10-12-28(13-11-27)35(32,33)20-8-9-22-24(15-20)34-25(31)26-22/h3-9,14-15H,10-13,16H2,1-2H3,(H,26,31). The predicted molar refractivity (Wildman–Crippen MR) is 132 cm³/mol. The van der Waals surface area contributed by atoms with E-state index in [0.717, 1.165) is 17.1 Å². The molecule has 0 atom stereocenters. The number of benzene rings is 2. The number of aromatic amines is 1. The van der Waals surface area contributed by atoms with E-state index < -0.39 is 15.8 Å². The molecule has 0 amide bonds. The second kappa shape index (κ2) is 8.95. The van der Waals surface area contributed by atoms with E-state index in [-0.39, 0.29) is 35.9 Å². The quantitative estimate of drug-likeness (QED) is 0.413. The maximum atomic E-state index is 13.1. The zero-order valence-electron chi connectivity index (χ0n) is 19.5. The molecule has 3 heterocycles. The summed E-state index contributed by atoms with van der Waals surface area (Å²) in [7, 11) is -3.75. The number of hydrogen-bond acceptors (Lipinski definition) is 6. The number of H-pyrrole nitrogens is 1. The Labute approximate surface area is 202 Å². The minimum absolute atomic E-state index is 0.0181. The van der Waals surface area contributed by atoms with Gasteiger partial charge in [-0.25, -0.2) is 13.2 Å². The molecule has 1 saturated heterocycles. The van der Waals surface area contributed by atoms with Crippen molar-refractivity contribution in [3.8, 4) is 5.69 Å². The SMILES string of the molecule is Cc1cc(C(=O)CN2CCN(S(=O)(=O)c3ccc4[nH]c(=O)oc4c3)CC2)c(C)n1-c1ccccc1. The monoisotopic (exact) mass is 494 g/mol. The fraction of sp³-hybridized carbons (Fsp3) is 0.280. The van der Waals surface area contributed by atoms with Crippen molar-refractivity contribution in [1.29, 1.82) is 0 Å². The zero-order chi connectivity index (χ0) is 24.7. The van der Waals surface area contributed by atoms with Crippen LogP contribution in [0.5, 0.6) is 0 Å². The molecule has 0 spiro atoms. The first-order chi connectivity index (χ1) is 16.7. The van der Waals surface area contributed by atoms with E-state index in [1.165, 1.54) is 22.5 Å². The van der Waals surface area contributed by atoms with Crippen molar-refractivity contribution in [2.75, 3.05) is 32.7 Å². The number of oxazole rings is 1. The molecule has 2 aromatic carbocycles. The van der Waals surface area contributed by atoms with E-state index in [4.69, 9.17) is 4.42 Å². The third kappa shape index (κ3) is 4.36. The number of carbonyl (C=O) groups is 1. The van der Waals surface area contributed by atoms with Crippen molar-refractivity contribution in [3.63, 3.8) is 0 Å². The first kappa shape index (κ1) is 23.3. The Morgan fingerprint density at radius 1 is 1.00 bits per heavy atom. The Balaban J connectivity index is 1.26. The molecule has 0 radical (unpaired) electrons. The summed E-state index contributed by atoms with van der Waals surface area (Å²) in [4.78, 5) is 29.1. The van der Waals surface area contributed by atoms with E-state index in [9.17, 15) is 18.0 Å². The van der Waals surface area contributed by atoms with E-state index in [1.807, 2.05) is 55.1 Å². The van der Waals surface area contributed by atoms with Crippen LogP contribution < -0.4 is 5.76 Å². The number of Topliss-reactive ketones (excluding diaryl/α,β-unsaturated/α-hetero) is 1. The van der Waals surface area contributed by atoms with Crippen LogP contribution in [0, 0.1) is 13.8 Å². The number of aryl methyl sites for hydroxylation is 1. The summed E-state index contributed by atoms with van der Waals surface area (Å²) < 4.78 is 34.7. The Morgan fingerprint density at radius 3 is 2.43 bits per heavy atom. The lowest BCUT2D eigenvalue weighted by Crippen LogP contribution is -2.49. The van der Waals surface area contributed by atoms with Gasteiger partial charge in [-0.2, -0.15) is 4.31 Å². The molecule has 0 saturated carbocycles. The summed E-state index contributed by atoms with van der Waals surface area (Å²) in [6.45, 7) is 5.60. The number of aromatic nitrogens is 2. The molecular weight excluding hydrogens is 468 g/mol. The van der Waals surface area contributed by atoms with Gasteiger partial charge in [0.2, 0.25) is 10.0 Å². The van der Waals surface area contributed by atoms with Crippen molar-refractivity contribution in [1.82, 2.24) is 18.8 Å². The lowest BCUT2D eigenvalue weighted by atomic mass is 10.1. The Morgan fingerprint density at radius 2 is 1.71 bits per heavy atom. The topological polar surface area (TPSA) is 109 Å². The number of fused-ring (bicyclic) bond motifs is 1. The van der Waals surface area contributed by atoms with Crippen LogP contribution >= 0.6 is 0 Å². The van der Waals surface area contributed by atoms with Gasteiger partial charge in [-0.1, -0.05) is 18.2 Å². The van der Waals surface area contributed by atoms with Gasteiger partial charge in [-0.15, -0.1) is 0 Å². The second-order valence-corrected chi connectivity index (χ2v) is 10.7. The largest absolute Gasteiger partial charge is 0.417 e. The van der Waals surface area contributed by atoms with Crippen molar-refractivity contribution in [2.24, 2.45) is 0 Å². The summed E-state index contributed by atoms with van der Waals surface area (Å²) in [5.74, 6) is -0.609. The first-order valence-electron chi connectivity index (χ1n) is 11.4. The first-order valence-corrected chi connectivity index (χ1v) is 12.8. The van der Waals surface area contributed by atoms with E-state index in [1.54, 1.807) is 0 Å². The minimum Gasteiger partial charge on any atom is -0.408 e. The number of para-hydroxylation sites is 1. The van der Waals surface area contributed by atoms with Gasteiger partial charge in [0.05, 0.1) is 17.0 Å². The lowest BCUT2D eigenvalue weighted by Gasteiger charge is -2.33. The van der Waals surface area contributed by atoms with Crippen LogP contribution in [0.1, 0.15) is 21.7 Å². The third-order valence-corrected chi connectivity index (χ3v) is 8.37. The van der Waals surface area contributed by atoms with Crippen LogP contribution in [0.4, 0.5) is 0 Å². The van der Waals surface area contributed by atoms with Gasteiger partial charge in [-0.3, -0.25) is 14.7 Å². The molecule has 9 nitrogen and oxygen atoms in total. The number of carbonyl (C=O) groups excluding carboxylic acids is 1. The summed E-state index contributed by atoms with van der Waals surface area (Å²) in [5, 5.41) is 0. The van der Waals surface area contributed by atoms with E-state index in [0.29, 0.717) is 24.2 Å². The fourth-order valence-electron chi connectivity index (χ4n) is 4.67. The Bertz CT molecular complexity index is 1560. The highest BCUT2D eigenvalue weighted by Crippen LogP contribution is 2.23. The van der Waals surface area contributed by atoms with E-state index in [2.05, 4.69) is 9.55 Å². The molecule has 182 valence electrons. The maximum Gasteiger partial charge on any atom is 0.417 e. The minimum atomic E-state index is -3.75. The Hall–Kier alpha value is -3.47. The molecule has 1 aliphatic rings. The molecule has 0 unspecified atom stereocenters. The molecular formula is C25H26N4O5S. The van der Waals surface area contributed by atoms with Crippen molar-refractivity contribution in [3.05, 3.63) is 82.1 Å². The number of hydrogen-bond donors (Lipinski definition) is 1. The third-order valence-electron chi connectivity index (χ3n) is 6.47. The number of ketones is 1. The van der Waals surface area contributed by atoms with Crippen molar-refractivity contribution >= 4 is 26.9 Å². The molecule has 0 bridgehead atoms. The van der Waals surface area contributed by atoms with Crippen LogP contribution in [0.3, 0.4) is 0 Å². The summed E-state index contributed by atoms with van der Waals surface area (Å²) in [5.41, 5.74) is 4.23. The van der Waals surface area contributed by atoms with Crippen LogP contribution in [0.2, 0.25) is 0 Å². The van der Waals surface area contributed by atoms with Crippen LogP contribution in [0.15, 0.2) is 68.7 Å². The number of nitrogens with zero attached hydrogens (tertiary/aromatic N) is 3. The molecule has 5 rings (SSSR count). The average molecular weight is 495 g/mol. The summed E-state index contributed by atoms with van der Waals surface area (Å²) in [6.07, 6.45) is 0. The van der Waals surface area contributed by atoms with Crippen molar-refractivity contribution < 1.29 is 17.6 Å². The van der Waals surface area contributed by atoms with Gasteiger partial charge in [0, 0.05) is 54.9 Å². The van der Waals surface area contributed by atoms with Gasteiger partial charge < -0.3 is 8.98 Å². The van der Waals surface area contributed by atoms with Crippen LogP contribution in [0.25, 0.3) is 16.8 Å². The Kier molecular flexibility index (Phi) is 5.96. The van der Waals surface area contributed by atoms with E-state index >= 15 is 0 Å². The summed E-state index contributed by atoms with van der Waals surface area (Å²) in [6, 6.07) is 16.2. The highest BCUT2D eigenvalue weighted by atomic mass is 32.2. The number of rotatable bonds is 6. The van der Waals surface area contributed by atoms with Gasteiger partial charge in [0.1, 0.15) is 0 Å².